The summed E-state index contributed by atoms with van der Waals surface area (Å²) in [6, 6.07) is 4.35. The summed E-state index contributed by atoms with van der Waals surface area (Å²) in [7, 11) is 0. The van der Waals surface area contributed by atoms with E-state index in [2.05, 4.69) is 28.8 Å². The number of fused-ring (bicyclic) bond motifs is 1. The third-order valence-corrected chi connectivity index (χ3v) is 6.03. The molecule has 9 heteroatoms. The van der Waals surface area contributed by atoms with E-state index >= 15 is 0 Å². The summed E-state index contributed by atoms with van der Waals surface area (Å²) < 4.78 is 42.7. The van der Waals surface area contributed by atoms with Crippen molar-refractivity contribution >= 4 is 0 Å². The molecule has 0 spiro atoms. The van der Waals surface area contributed by atoms with Gasteiger partial charge in [-0.1, -0.05) is 0 Å². The molecule has 6 nitrogen and oxygen atoms in total. The summed E-state index contributed by atoms with van der Waals surface area (Å²) >= 11 is 0. The minimum atomic E-state index is -4.48. The van der Waals surface area contributed by atoms with Crippen LogP contribution in [-0.2, 0) is 25.8 Å². The maximum absolute atomic E-state index is 13.0. The molecule has 30 heavy (non-hydrogen) atoms. The van der Waals surface area contributed by atoms with Crippen molar-refractivity contribution in [3.63, 3.8) is 0 Å². The van der Waals surface area contributed by atoms with Gasteiger partial charge in [0.1, 0.15) is 11.5 Å². The monoisotopic (exact) mass is 421 g/mol. The van der Waals surface area contributed by atoms with E-state index in [0.29, 0.717) is 31.5 Å². The fraction of sp³-hybridized carbons (Fsp3) is 0.524. The Balaban J connectivity index is 1.44. The molecule has 1 aromatic heterocycles. The Hall–Kier alpha value is -2.39. The maximum Gasteiger partial charge on any atom is 0.433 e. The molecule has 162 valence electrons. The van der Waals surface area contributed by atoms with Crippen molar-refractivity contribution in [2.75, 3.05) is 13.1 Å². The van der Waals surface area contributed by atoms with Crippen LogP contribution in [0.3, 0.4) is 0 Å². The van der Waals surface area contributed by atoms with E-state index in [1.54, 1.807) is 22.9 Å². The normalized spacial score (nSPS) is 17.7. The van der Waals surface area contributed by atoms with Gasteiger partial charge in [-0.3, -0.25) is 9.58 Å². The number of rotatable bonds is 5. The van der Waals surface area contributed by atoms with E-state index in [9.17, 15) is 18.3 Å². The predicted molar refractivity (Wildman–Crippen MR) is 106 cm³/mol. The molecule has 0 unspecified atom stereocenters. The fourth-order valence-corrected chi connectivity index (χ4v) is 4.17. The summed E-state index contributed by atoms with van der Waals surface area (Å²) in [6.07, 6.45) is 0.189. The van der Waals surface area contributed by atoms with Crippen molar-refractivity contribution in [2.24, 2.45) is 0 Å². The number of pyridine rings is 1. The van der Waals surface area contributed by atoms with Crippen molar-refractivity contribution in [1.82, 2.24) is 24.2 Å². The standard InChI is InChI=1S/C21H26F3N5O/c1-3-29-15(2)17(12-25-29)13-27-9-6-20(30,7-10-27)14-28-8-4-5-16-11-18(21(22,23)24)26-19(16)28/h4-5,8,11-12,30H,3,6-7,9-10,13-14H2,1-2H3. The highest BCUT2D eigenvalue weighted by atomic mass is 19.4. The van der Waals surface area contributed by atoms with Crippen molar-refractivity contribution in [3.8, 4) is 11.4 Å². The fourth-order valence-electron chi connectivity index (χ4n) is 4.17. The van der Waals surface area contributed by atoms with Crippen molar-refractivity contribution in [3.05, 3.63) is 47.5 Å². The summed E-state index contributed by atoms with van der Waals surface area (Å²) in [5, 5.41) is 15.5. The Labute approximate surface area is 173 Å². The van der Waals surface area contributed by atoms with Gasteiger partial charge in [-0.05, 0) is 44.9 Å². The lowest BCUT2D eigenvalue weighted by molar-refractivity contribution is -0.140. The van der Waals surface area contributed by atoms with Crippen molar-refractivity contribution in [1.29, 1.82) is 0 Å². The van der Waals surface area contributed by atoms with Crippen molar-refractivity contribution in [2.45, 2.75) is 58.1 Å². The summed E-state index contributed by atoms with van der Waals surface area (Å²) in [5.41, 5.74) is 0.886. The minimum Gasteiger partial charge on any atom is -0.388 e. The highest BCUT2D eigenvalue weighted by Gasteiger charge is 2.37. The van der Waals surface area contributed by atoms with Crippen LogP contribution in [-0.4, -0.2) is 48.0 Å². The zero-order chi connectivity index (χ0) is 21.5. The van der Waals surface area contributed by atoms with Crippen LogP contribution in [0.25, 0.3) is 11.4 Å². The molecule has 1 saturated heterocycles. The second-order valence-corrected chi connectivity index (χ2v) is 8.13. The number of likely N-dealkylation sites (tertiary alicyclic amines) is 1. The summed E-state index contributed by atoms with van der Waals surface area (Å²) in [6.45, 7) is 7.38. The third-order valence-electron chi connectivity index (χ3n) is 6.03. The van der Waals surface area contributed by atoms with Crippen LogP contribution in [0.15, 0.2) is 30.6 Å². The number of piperidine rings is 1. The first-order valence-corrected chi connectivity index (χ1v) is 10.2. The number of nitrogens with zero attached hydrogens (tertiary/aromatic N) is 5. The van der Waals surface area contributed by atoms with E-state index in [1.807, 2.05) is 10.9 Å². The molecule has 0 aliphatic carbocycles. The molecule has 0 bridgehead atoms. The average molecular weight is 421 g/mol. The average Bonchev–Trinajstić information content (AvgIpc) is 3.28. The number of aromatic nitrogens is 4. The lowest BCUT2D eigenvalue weighted by Crippen LogP contribution is -2.46. The zero-order valence-corrected chi connectivity index (χ0v) is 17.2. The lowest BCUT2D eigenvalue weighted by Gasteiger charge is -2.38. The van der Waals surface area contributed by atoms with Gasteiger partial charge in [0.15, 0.2) is 0 Å². The molecule has 0 radical (unpaired) electrons. The molecule has 0 atom stereocenters. The van der Waals surface area contributed by atoms with Gasteiger partial charge in [0, 0.05) is 49.2 Å². The SMILES string of the molecule is CCn1ncc(CN2CCC(O)(Cn3cccc4cc(C(F)(F)F)nc3-4)CC2)c1C. The van der Waals surface area contributed by atoms with Gasteiger partial charge in [0.05, 0.1) is 18.3 Å². The van der Waals surface area contributed by atoms with Gasteiger partial charge >= 0.3 is 6.18 Å². The number of alkyl halides is 3. The van der Waals surface area contributed by atoms with E-state index in [0.717, 1.165) is 24.8 Å². The molecular weight excluding hydrogens is 395 g/mol. The van der Waals surface area contributed by atoms with Crippen LogP contribution in [0, 0.1) is 6.92 Å². The molecule has 3 aliphatic rings. The highest BCUT2D eigenvalue weighted by molar-refractivity contribution is 5.59. The highest BCUT2D eigenvalue weighted by Crippen LogP contribution is 2.35. The van der Waals surface area contributed by atoms with Crippen molar-refractivity contribution < 1.29 is 18.3 Å². The second-order valence-electron chi connectivity index (χ2n) is 8.13. The predicted octanol–water partition coefficient (Wildman–Crippen LogP) is 3.56. The van der Waals surface area contributed by atoms with E-state index in [1.165, 1.54) is 5.56 Å². The quantitative estimate of drug-likeness (QED) is 0.685. The van der Waals surface area contributed by atoms with Gasteiger partial charge in [-0.15, -0.1) is 0 Å². The smallest absolute Gasteiger partial charge is 0.388 e. The molecule has 4 rings (SSSR count). The van der Waals surface area contributed by atoms with Gasteiger partial charge in [0.2, 0.25) is 0 Å². The van der Waals surface area contributed by atoms with Crippen LogP contribution >= 0.6 is 0 Å². The molecule has 1 N–H and O–H groups in total. The van der Waals surface area contributed by atoms with Gasteiger partial charge in [-0.2, -0.15) is 18.3 Å². The molecule has 0 saturated carbocycles. The van der Waals surface area contributed by atoms with Gasteiger partial charge < -0.3 is 9.67 Å². The van der Waals surface area contributed by atoms with Gasteiger partial charge in [0.25, 0.3) is 0 Å². The molecule has 4 heterocycles. The molecular formula is C21H26F3N5O. The van der Waals surface area contributed by atoms with Crippen LogP contribution in [0.5, 0.6) is 0 Å². The van der Waals surface area contributed by atoms with E-state index in [4.69, 9.17) is 0 Å². The van der Waals surface area contributed by atoms with Crippen LogP contribution < -0.4 is 0 Å². The Bertz CT molecular complexity index is 985. The van der Waals surface area contributed by atoms with E-state index < -0.39 is 17.5 Å². The van der Waals surface area contributed by atoms with Crippen LogP contribution in [0.4, 0.5) is 13.2 Å². The summed E-state index contributed by atoms with van der Waals surface area (Å²) in [5.74, 6) is 0.253. The molecule has 0 amide bonds. The first-order valence-electron chi connectivity index (χ1n) is 10.2. The Morgan fingerprint density at radius 1 is 1.23 bits per heavy atom. The van der Waals surface area contributed by atoms with E-state index in [-0.39, 0.29) is 12.4 Å². The number of hydrogen-bond acceptors (Lipinski definition) is 4. The zero-order valence-electron chi connectivity index (χ0n) is 17.2. The molecule has 1 fully saturated rings. The topological polar surface area (TPSA) is 59.1 Å². The molecule has 1 aromatic rings. The number of aliphatic hydroxyl groups is 1. The Morgan fingerprint density at radius 3 is 2.60 bits per heavy atom. The first kappa shape index (κ1) is 20.9. The van der Waals surface area contributed by atoms with Gasteiger partial charge in [-0.25, -0.2) is 4.98 Å². The molecule has 0 aromatic carbocycles. The van der Waals surface area contributed by atoms with Crippen LogP contribution in [0.1, 0.15) is 36.7 Å². The number of halogens is 3. The first-order chi connectivity index (χ1) is 14.2. The number of hydrogen-bond donors (Lipinski definition) is 1. The summed E-state index contributed by atoms with van der Waals surface area (Å²) in [4.78, 5) is 6.06. The largest absolute Gasteiger partial charge is 0.433 e. The lowest BCUT2D eigenvalue weighted by atomic mass is 9.90. The second kappa shape index (κ2) is 7.70. The number of aryl methyl sites for hydroxylation is 1. The van der Waals surface area contributed by atoms with Crippen LogP contribution in [0.2, 0.25) is 0 Å². The Kier molecular flexibility index (Phi) is 5.36. The minimum absolute atomic E-state index is 0.222. The Morgan fingerprint density at radius 2 is 1.97 bits per heavy atom. The third kappa shape index (κ3) is 4.09. The molecule has 3 aliphatic heterocycles. The maximum atomic E-state index is 13.0.